The number of nitro groups is 2. The fraction of sp³-hybridized carbons (Fsp3) is 0. The lowest BCUT2D eigenvalue weighted by Gasteiger charge is -2.08. The SMILES string of the molecule is O=C(Nc1ccc(NC(=O)c2cc([N+](=O)[O-])cc([N+](=O)[O-])c2)cc1)c1cccc(Cl)c1. The number of carbonyl (C=O) groups excluding carboxylic acids is 2. The van der Waals surface area contributed by atoms with E-state index in [2.05, 4.69) is 10.6 Å². The Labute approximate surface area is 179 Å². The first kappa shape index (κ1) is 21.4. The van der Waals surface area contributed by atoms with Crippen LogP contribution in [-0.4, -0.2) is 21.7 Å². The summed E-state index contributed by atoms with van der Waals surface area (Å²) >= 11 is 5.87. The Kier molecular flexibility index (Phi) is 6.22. The molecular formula is C20H13ClN4O6. The third kappa shape index (κ3) is 5.40. The first-order chi connectivity index (χ1) is 14.7. The van der Waals surface area contributed by atoms with Gasteiger partial charge in [0.2, 0.25) is 0 Å². The summed E-state index contributed by atoms with van der Waals surface area (Å²) in [5.74, 6) is -1.13. The molecule has 0 heterocycles. The number of halogens is 1. The molecule has 0 aromatic heterocycles. The van der Waals surface area contributed by atoms with Crippen molar-refractivity contribution in [2.24, 2.45) is 0 Å². The van der Waals surface area contributed by atoms with Crippen LogP contribution in [0.2, 0.25) is 5.02 Å². The van der Waals surface area contributed by atoms with E-state index in [1.807, 2.05) is 0 Å². The third-order valence-electron chi connectivity index (χ3n) is 4.07. The van der Waals surface area contributed by atoms with Gasteiger partial charge in [0.1, 0.15) is 0 Å². The van der Waals surface area contributed by atoms with Crippen molar-refractivity contribution in [3.8, 4) is 0 Å². The van der Waals surface area contributed by atoms with E-state index < -0.39 is 27.1 Å². The molecule has 0 atom stereocenters. The van der Waals surface area contributed by atoms with Crippen LogP contribution in [0, 0.1) is 20.2 Å². The second kappa shape index (κ2) is 9.01. The van der Waals surface area contributed by atoms with Gasteiger partial charge in [-0.3, -0.25) is 29.8 Å². The van der Waals surface area contributed by atoms with Crippen molar-refractivity contribution in [3.05, 3.63) is 103 Å². The van der Waals surface area contributed by atoms with Crippen LogP contribution in [0.25, 0.3) is 0 Å². The number of benzene rings is 3. The van der Waals surface area contributed by atoms with E-state index in [1.165, 1.54) is 30.3 Å². The van der Waals surface area contributed by atoms with Gasteiger partial charge in [0, 0.05) is 34.1 Å². The average Bonchev–Trinajstić information content (AvgIpc) is 2.74. The van der Waals surface area contributed by atoms with Crippen molar-refractivity contribution in [1.82, 2.24) is 0 Å². The van der Waals surface area contributed by atoms with Crippen molar-refractivity contribution in [3.63, 3.8) is 0 Å². The quantitative estimate of drug-likeness (QED) is 0.421. The molecule has 0 radical (unpaired) electrons. The van der Waals surface area contributed by atoms with E-state index in [9.17, 15) is 29.8 Å². The predicted molar refractivity (Wildman–Crippen MR) is 114 cm³/mol. The summed E-state index contributed by atoms with van der Waals surface area (Å²) in [7, 11) is 0. The van der Waals surface area contributed by atoms with Crippen LogP contribution in [0.5, 0.6) is 0 Å². The molecule has 0 aliphatic carbocycles. The van der Waals surface area contributed by atoms with Gasteiger partial charge >= 0.3 is 0 Å². The second-order valence-electron chi connectivity index (χ2n) is 6.25. The van der Waals surface area contributed by atoms with Crippen LogP contribution < -0.4 is 10.6 Å². The summed E-state index contributed by atoms with van der Waals surface area (Å²) in [6, 6.07) is 15.1. The first-order valence-corrected chi connectivity index (χ1v) is 9.03. The lowest BCUT2D eigenvalue weighted by molar-refractivity contribution is -0.394. The normalized spacial score (nSPS) is 10.2. The smallest absolute Gasteiger partial charge is 0.277 e. The number of non-ortho nitro benzene ring substituents is 2. The van der Waals surface area contributed by atoms with E-state index >= 15 is 0 Å². The zero-order chi connectivity index (χ0) is 22.5. The highest BCUT2D eigenvalue weighted by Crippen LogP contribution is 2.24. The predicted octanol–water partition coefficient (Wildman–Crippen LogP) is 4.66. The Bertz CT molecular complexity index is 1160. The lowest BCUT2D eigenvalue weighted by atomic mass is 10.1. The van der Waals surface area contributed by atoms with E-state index in [0.29, 0.717) is 22.0 Å². The minimum atomic E-state index is -0.818. The van der Waals surface area contributed by atoms with E-state index in [1.54, 1.807) is 18.2 Å². The number of anilines is 2. The van der Waals surface area contributed by atoms with Crippen molar-refractivity contribution in [2.45, 2.75) is 0 Å². The fourth-order valence-electron chi connectivity index (χ4n) is 2.61. The number of amides is 2. The molecule has 3 aromatic rings. The van der Waals surface area contributed by atoms with Gasteiger partial charge in [-0.15, -0.1) is 0 Å². The Morgan fingerprint density at radius 1 is 0.710 bits per heavy atom. The number of hydrogen-bond donors (Lipinski definition) is 2. The number of nitrogens with zero attached hydrogens (tertiary/aromatic N) is 2. The summed E-state index contributed by atoms with van der Waals surface area (Å²) in [6.45, 7) is 0. The van der Waals surface area contributed by atoms with Crippen molar-refractivity contribution < 1.29 is 19.4 Å². The van der Waals surface area contributed by atoms with E-state index in [0.717, 1.165) is 18.2 Å². The maximum Gasteiger partial charge on any atom is 0.277 e. The van der Waals surface area contributed by atoms with Gasteiger partial charge in [-0.1, -0.05) is 17.7 Å². The molecule has 3 rings (SSSR count). The minimum Gasteiger partial charge on any atom is -0.322 e. The van der Waals surface area contributed by atoms with Crippen LogP contribution in [0.1, 0.15) is 20.7 Å². The molecule has 0 aliphatic heterocycles. The summed E-state index contributed by atoms with van der Waals surface area (Å²) < 4.78 is 0. The number of nitrogens with one attached hydrogen (secondary N) is 2. The van der Waals surface area contributed by atoms with Crippen LogP contribution in [0.15, 0.2) is 66.7 Å². The maximum absolute atomic E-state index is 12.4. The number of nitro benzene ring substituents is 2. The molecule has 2 amide bonds. The molecule has 0 aliphatic rings. The minimum absolute atomic E-state index is 0.237. The molecule has 11 heteroatoms. The van der Waals surface area contributed by atoms with Gasteiger partial charge < -0.3 is 10.6 Å². The van der Waals surface area contributed by atoms with Crippen LogP contribution in [0.4, 0.5) is 22.7 Å². The Hall–Kier alpha value is -4.31. The molecule has 31 heavy (non-hydrogen) atoms. The van der Waals surface area contributed by atoms with Gasteiger partial charge in [0.05, 0.1) is 21.5 Å². The van der Waals surface area contributed by atoms with Crippen molar-refractivity contribution in [2.75, 3.05) is 10.6 Å². The maximum atomic E-state index is 12.4. The Morgan fingerprint density at radius 2 is 1.19 bits per heavy atom. The molecule has 3 aromatic carbocycles. The highest BCUT2D eigenvalue weighted by atomic mass is 35.5. The summed E-state index contributed by atoms with van der Waals surface area (Å²) in [5.41, 5.74) is -0.234. The summed E-state index contributed by atoms with van der Waals surface area (Å²) in [5, 5.41) is 27.5. The highest BCUT2D eigenvalue weighted by molar-refractivity contribution is 6.31. The molecule has 2 N–H and O–H groups in total. The topological polar surface area (TPSA) is 144 Å². The molecule has 0 saturated carbocycles. The summed E-state index contributed by atoms with van der Waals surface area (Å²) in [6.07, 6.45) is 0. The fourth-order valence-corrected chi connectivity index (χ4v) is 2.80. The number of rotatable bonds is 6. The first-order valence-electron chi connectivity index (χ1n) is 8.65. The molecular weight excluding hydrogens is 428 g/mol. The highest BCUT2D eigenvalue weighted by Gasteiger charge is 2.20. The molecule has 0 fully saturated rings. The molecule has 0 bridgehead atoms. The van der Waals surface area contributed by atoms with Crippen LogP contribution in [0.3, 0.4) is 0 Å². The number of carbonyl (C=O) groups is 2. The average molecular weight is 441 g/mol. The molecule has 0 saturated heterocycles. The zero-order valence-corrected chi connectivity index (χ0v) is 16.3. The van der Waals surface area contributed by atoms with Crippen LogP contribution >= 0.6 is 11.6 Å². The third-order valence-corrected chi connectivity index (χ3v) is 4.31. The lowest BCUT2D eigenvalue weighted by Crippen LogP contribution is -2.13. The molecule has 0 unspecified atom stereocenters. The van der Waals surface area contributed by atoms with E-state index in [-0.39, 0.29) is 11.5 Å². The monoisotopic (exact) mass is 440 g/mol. The molecule has 0 spiro atoms. The number of hydrogen-bond acceptors (Lipinski definition) is 6. The molecule has 10 nitrogen and oxygen atoms in total. The van der Waals surface area contributed by atoms with E-state index in [4.69, 9.17) is 11.6 Å². The van der Waals surface area contributed by atoms with Gasteiger partial charge in [0.25, 0.3) is 23.2 Å². The van der Waals surface area contributed by atoms with Crippen molar-refractivity contribution >= 4 is 46.2 Å². The Morgan fingerprint density at radius 3 is 1.65 bits per heavy atom. The standard InChI is InChI=1S/C20H13ClN4O6/c21-14-3-1-2-12(8-14)19(26)22-15-4-6-16(7-5-15)23-20(27)13-9-17(24(28)29)11-18(10-13)25(30)31/h1-11H,(H,22,26)(H,23,27). The van der Waals surface area contributed by atoms with Crippen LogP contribution in [-0.2, 0) is 0 Å². The van der Waals surface area contributed by atoms with Gasteiger partial charge in [0.15, 0.2) is 0 Å². The van der Waals surface area contributed by atoms with Crippen molar-refractivity contribution in [1.29, 1.82) is 0 Å². The zero-order valence-electron chi connectivity index (χ0n) is 15.6. The molecule has 156 valence electrons. The summed E-state index contributed by atoms with van der Waals surface area (Å²) in [4.78, 5) is 44.9. The largest absolute Gasteiger partial charge is 0.322 e. The van der Waals surface area contributed by atoms with Gasteiger partial charge in [-0.25, -0.2) is 0 Å². The second-order valence-corrected chi connectivity index (χ2v) is 6.68. The Balaban J connectivity index is 1.72. The van der Waals surface area contributed by atoms with Gasteiger partial charge in [-0.2, -0.15) is 0 Å². The van der Waals surface area contributed by atoms with Gasteiger partial charge in [-0.05, 0) is 42.5 Å².